The highest BCUT2D eigenvalue weighted by Gasteiger charge is 2.13. The first-order chi connectivity index (χ1) is 5.67. The zero-order valence-electron chi connectivity index (χ0n) is 6.11. The van der Waals surface area contributed by atoms with Crippen LogP contribution < -0.4 is 4.72 Å². The Kier molecular flexibility index (Phi) is 2.47. The molecule has 0 aliphatic rings. The van der Waals surface area contributed by atoms with Crippen LogP contribution in [0.1, 0.15) is 0 Å². The number of hydrogen-bond donors (Lipinski definition) is 2. The third-order valence-electron chi connectivity index (χ3n) is 1.13. The molecule has 2 N–H and O–H groups in total. The fraction of sp³-hybridized carbons (Fsp3) is 0.167. The Balaban J connectivity index is 2.83. The highest BCUT2D eigenvalue weighted by Crippen LogP contribution is 2.00. The first-order valence-corrected chi connectivity index (χ1v) is 4.56. The van der Waals surface area contributed by atoms with Crippen molar-refractivity contribution < 1.29 is 8.42 Å². The minimum atomic E-state index is -3.49. The minimum absolute atomic E-state index is 0.0118. The summed E-state index contributed by atoms with van der Waals surface area (Å²) < 4.78 is 24.5. The molecule has 12 heavy (non-hydrogen) atoms. The minimum Gasteiger partial charge on any atom is -0.335 e. The predicted molar refractivity (Wildman–Crippen MR) is 42.6 cm³/mol. The van der Waals surface area contributed by atoms with Crippen molar-refractivity contribution in [3.8, 4) is 12.3 Å². The van der Waals surface area contributed by atoms with Crippen molar-refractivity contribution in [2.24, 2.45) is 0 Å². The van der Waals surface area contributed by atoms with Gasteiger partial charge in [0.05, 0.1) is 19.1 Å². The molecule has 0 aromatic carbocycles. The standard InChI is InChI=1S/C6H7N3O2S/c1-2-3-9-12(10,11)6-4-7-5-8-6/h1,4-5,9H,3H2,(H,7,8). The molecule has 1 aromatic rings. The van der Waals surface area contributed by atoms with Gasteiger partial charge >= 0.3 is 0 Å². The molecule has 0 radical (unpaired) electrons. The van der Waals surface area contributed by atoms with E-state index in [2.05, 4.69) is 20.6 Å². The monoisotopic (exact) mass is 185 g/mol. The number of H-pyrrole nitrogens is 1. The van der Waals surface area contributed by atoms with Gasteiger partial charge in [-0.1, -0.05) is 5.92 Å². The fourth-order valence-corrected chi connectivity index (χ4v) is 1.44. The Hall–Kier alpha value is -1.32. The normalized spacial score (nSPS) is 10.9. The molecular formula is C6H7N3O2S. The zero-order valence-corrected chi connectivity index (χ0v) is 6.93. The van der Waals surface area contributed by atoms with Crippen LogP contribution in [0.15, 0.2) is 17.6 Å². The van der Waals surface area contributed by atoms with Gasteiger partial charge in [-0.3, -0.25) is 0 Å². The van der Waals surface area contributed by atoms with E-state index in [0.29, 0.717) is 0 Å². The second-order valence-corrected chi connectivity index (χ2v) is 3.68. The van der Waals surface area contributed by atoms with Gasteiger partial charge in [-0.05, 0) is 0 Å². The molecule has 0 saturated heterocycles. The Labute approximate surface area is 70.3 Å². The number of aromatic nitrogens is 2. The number of sulfonamides is 1. The molecule has 1 heterocycles. The van der Waals surface area contributed by atoms with Crippen LogP contribution in [0, 0.1) is 12.3 Å². The van der Waals surface area contributed by atoms with Crippen LogP contribution in [0.3, 0.4) is 0 Å². The van der Waals surface area contributed by atoms with E-state index in [1.807, 2.05) is 0 Å². The van der Waals surface area contributed by atoms with Crippen LogP contribution in [-0.4, -0.2) is 24.9 Å². The molecule has 0 saturated carbocycles. The third kappa shape index (κ3) is 1.84. The van der Waals surface area contributed by atoms with Gasteiger partial charge in [-0.25, -0.2) is 13.4 Å². The van der Waals surface area contributed by atoms with E-state index in [-0.39, 0.29) is 11.6 Å². The number of aromatic amines is 1. The van der Waals surface area contributed by atoms with E-state index >= 15 is 0 Å². The lowest BCUT2D eigenvalue weighted by Gasteiger charge is -1.98. The lowest BCUT2D eigenvalue weighted by Crippen LogP contribution is -2.24. The topological polar surface area (TPSA) is 74.8 Å². The van der Waals surface area contributed by atoms with Gasteiger partial charge < -0.3 is 4.98 Å². The van der Waals surface area contributed by atoms with Gasteiger partial charge in [-0.15, -0.1) is 6.42 Å². The van der Waals surface area contributed by atoms with E-state index in [0.717, 1.165) is 0 Å². The molecule has 0 atom stereocenters. The maximum atomic E-state index is 11.2. The summed E-state index contributed by atoms with van der Waals surface area (Å²) in [6.07, 6.45) is 7.38. The Morgan fingerprint density at radius 2 is 2.50 bits per heavy atom. The summed E-state index contributed by atoms with van der Waals surface area (Å²) in [6.45, 7) is -0.0264. The van der Waals surface area contributed by atoms with E-state index in [4.69, 9.17) is 6.42 Å². The second kappa shape index (κ2) is 3.38. The second-order valence-electron chi connectivity index (χ2n) is 1.94. The molecule has 0 aliphatic carbocycles. The van der Waals surface area contributed by atoms with Crippen molar-refractivity contribution >= 4 is 10.0 Å². The van der Waals surface area contributed by atoms with E-state index in [1.54, 1.807) is 0 Å². The highest BCUT2D eigenvalue weighted by molar-refractivity contribution is 7.89. The van der Waals surface area contributed by atoms with Gasteiger partial charge in [0, 0.05) is 0 Å². The number of rotatable bonds is 3. The molecule has 0 fully saturated rings. The average molecular weight is 185 g/mol. The summed E-state index contributed by atoms with van der Waals surface area (Å²) in [4.78, 5) is 6.03. The first kappa shape index (κ1) is 8.77. The third-order valence-corrected chi connectivity index (χ3v) is 2.45. The molecule has 0 amide bonds. The molecule has 0 spiro atoms. The molecule has 6 heteroatoms. The summed E-state index contributed by atoms with van der Waals surface area (Å²) in [6, 6.07) is 0. The number of terminal acetylenes is 1. The summed E-state index contributed by atoms with van der Waals surface area (Å²) in [7, 11) is -3.49. The fourth-order valence-electron chi connectivity index (χ4n) is 0.605. The molecular weight excluding hydrogens is 178 g/mol. The van der Waals surface area contributed by atoms with E-state index < -0.39 is 10.0 Å². The molecule has 64 valence electrons. The van der Waals surface area contributed by atoms with Gasteiger partial charge in [-0.2, -0.15) is 4.72 Å². The lowest BCUT2D eigenvalue weighted by atomic mass is 10.7. The molecule has 0 unspecified atom stereocenters. The largest absolute Gasteiger partial charge is 0.335 e. The maximum Gasteiger partial charge on any atom is 0.258 e. The lowest BCUT2D eigenvalue weighted by molar-refractivity contribution is 0.583. The van der Waals surface area contributed by atoms with Crippen molar-refractivity contribution in [1.82, 2.24) is 14.7 Å². The van der Waals surface area contributed by atoms with E-state index in [1.165, 1.54) is 12.5 Å². The molecule has 5 nitrogen and oxygen atoms in total. The van der Waals surface area contributed by atoms with Crippen molar-refractivity contribution in [2.45, 2.75) is 5.03 Å². The summed E-state index contributed by atoms with van der Waals surface area (Å²) in [5.41, 5.74) is 0. The van der Waals surface area contributed by atoms with Crippen molar-refractivity contribution in [3.05, 3.63) is 12.5 Å². The number of imidazole rings is 1. The highest BCUT2D eigenvalue weighted by atomic mass is 32.2. The number of nitrogens with one attached hydrogen (secondary N) is 2. The van der Waals surface area contributed by atoms with Gasteiger partial charge in [0.15, 0.2) is 5.03 Å². The quantitative estimate of drug-likeness (QED) is 0.613. The smallest absolute Gasteiger partial charge is 0.258 e. The van der Waals surface area contributed by atoms with E-state index in [9.17, 15) is 8.42 Å². The molecule has 1 rings (SSSR count). The summed E-state index contributed by atoms with van der Waals surface area (Å²) in [5.74, 6) is 2.16. The number of hydrogen-bond acceptors (Lipinski definition) is 3. The summed E-state index contributed by atoms with van der Waals surface area (Å²) in [5, 5.41) is 0.0118. The molecule has 0 bridgehead atoms. The van der Waals surface area contributed by atoms with Crippen LogP contribution in [-0.2, 0) is 10.0 Å². The van der Waals surface area contributed by atoms with Gasteiger partial charge in [0.2, 0.25) is 0 Å². The summed E-state index contributed by atoms with van der Waals surface area (Å²) >= 11 is 0. The Bertz CT molecular complexity index is 373. The van der Waals surface area contributed by atoms with Crippen LogP contribution in [0.25, 0.3) is 0 Å². The average Bonchev–Trinajstić information content (AvgIpc) is 2.53. The molecule has 0 aliphatic heterocycles. The first-order valence-electron chi connectivity index (χ1n) is 3.08. The molecule has 1 aromatic heterocycles. The van der Waals surface area contributed by atoms with Crippen molar-refractivity contribution in [3.63, 3.8) is 0 Å². The van der Waals surface area contributed by atoms with Crippen LogP contribution in [0.5, 0.6) is 0 Å². The Morgan fingerprint density at radius 3 is 3.00 bits per heavy atom. The maximum absolute atomic E-state index is 11.2. The predicted octanol–water partition coefficient (Wildman–Crippen LogP) is -0.679. The van der Waals surface area contributed by atoms with Crippen LogP contribution in [0.4, 0.5) is 0 Å². The number of nitrogens with zero attached hydrogens (tertiary/aromatic N) is 1. The zero-order chi connectivity index (χ0) is 9.03. The van der Waals surface area contributed by atoms with Crippen LogP contribution in [0.2, 0.25) is 0 Å². The Morgan fingerprint density at radius 1 is 1.75 bits per heavy atom. The van der Waals surface area contributed by atoms with Crippen molar-refractivity contribution in [1.29, 1.82) is 0 Å². The van der Waals surface area contributed by atoms with Crippen molar-refractivity contribution in [2.75, 3.05) is 6.54 Å². The van der Waals surface area contributed by atoms with Gasteiger partial charge in [0.1, 0.15) is 0 Å². The van der Waals surface area contributed by atoms with Gasteiger partial charge in [0.25, 0.3) is 10.0 Å². The SMILES string of the molecule is C#CCNS(=O)(=O)c1cnc[nH]1. The van der Waals surface area contributed by atoms with Crippen LogP contribution >= 0.6 is 0 Å².